The van der Waals surface area contributed by atoms with Gasteiger partial charge in [0.05, 0.1) is 18.2 Å². The van der Waals surface area contributed by atoms with Crippen molar-refractivity contribution in [2.45, 2.75) is 82.6 Å². The van der Waals surface area contributed by atoms with Crippen LogP contribution in [-0.2, 0) is 4.74 Å². The maximum absolute atomic E-state index is 12.1. The zero-order valence-electron chi connectivity index (χ0n) is 14.0. The number of aromatic nitrogens is 3. The number of rotatable bonds is 3. The highest BCUT2D eigenvalue weighted by Gasteiger charge is 2.35. The lowest BCUT2D eigenvalue weighted by molar-refractivity contribution is 0.0386. The fourth-order valence-corrected chi connectivity index (χ4v) is 3.02. The number of nitrogens with zero attached hydrogens (tertiary/aromatic N) is 3. The van der Waals surface area contributed by atoms with Gasteiger partial charge in [-0.1, -0.05) is 0 Å². The van der Waals surface area contributed by atoms with E-state index in [9.17, 15) is 9.90 Å². The summed E-state index contributed by atoms with van der Waals surface area (Å²) in [7, 11) is 0. The highest BCUT2D eigenvalue weighted by molar-refractivity contribution is 5.68. The Morgan fingerprint density at radius 2 is 2.09 bits per heavy atom. The van der Waals surface area contributed by atoms with E-state index >= 15 is 0 Å². The molecule has 0 saturated heterocycles. The number of hydrogen-bond acceptors (Lipinski definition) is 5. The fourth-order valence-electron chi connectivity index (χ4n) is 3.02. The Morgan fingerprint density at radius 1 is 1.35 bits per heavy atom. The standard InChI is InChI=1S/C16H26N4O3/c1-16(2,3)23-15(22)18-12-7-6-11(21)8-13(12)20-9-17-14(19-20)10-4-5-10/h9-13,21H,4-8H2,1-3H3,(H,18,22). The van der Waals surface area contributed by atoms with Crippen LogP contribution in [0, 0.1) is 0 Å². The van der Waals surface area contributed by atoms with E-state index in [1.165, 1.54) is 0 Å². The molecule has 2 fully saturated rings. The average molecular weight is 322 g/mol. The Hall–Kier alpha value is -1.63. The molecular formula is C16H26N4O3. The average Bonchev–Trinajstić information content (AvgIpc) is 3.17. The van der Waals surface area contributed by atoms with Gasteiger partial charge in [-0.3, -0.25) is 0 Å². The molecule has 2 aliphatic rings. The zero-order valence-corrected chi connectivity index (χ0v) is 14.0. The minimum absolute atomic E-state index is 0.0914. The Balaban J connectivity index is 1.69. The summed E-state index contributed by atoms with van der Waals surface area (Å²) in [4.78, 5) is 16.4. The van der Waals surface area contributed by atoms with E-state index in [4.69, 9.17) is 4.74 Å². The first-order chi connectivity index (χ1) is 10.8. The molecule has 7 nitrogen and oxygen atoms in total. The van der Waals surface area contributed by atoms with Crippen LogP contribution < -0.4 is 5.32 Å². The molecule has 0 radical (unpaired) electrons. The van der Waals surface area contributed by atoms with Crippen LogP contribution in [0.15, 0.2) is 6.33 Å². The predicted octanol–water partition coefficient (Wildman–Crippen LogP) is 2.13. The largest absolute Gasteiger partial charge is 0.444 e. The molecule has 7 heteroatoms. The van der Waals surface area contributed by atoms with Crippen LogP contribution in [0.2, 0.25) is 0 Å². The molecule has 1 amide bonds. The maximum atomic E-state index is 12.1. The van der Waals surface area contributed by atoms with E-state index in [-0.39, 0.29) is 18.2 Å². The van der Waals surface area contributed by atoms with E-state index in [1.807, 2.05) is 20.8 Å². The van der Waals surface area contributed by atoms with Crippen LogP contribution in [-0.4, -0.2) is 43.7 Å². The smallest absolute Gasteiger partial charge is 0.407 e. The maximum Gasteiger partial charge on any atom is 0.407 e. The monoisotopic (exact) mass is 322 g/mol. The lowest BCUT2D eigenvalue weighted by Crippen LogP contribution is -2.47. The van der Waals surface area contributed by atoms with Crippen molar-refractivity contribution in [1.29, 1.82) is 0 Å². The number of ether oxygens (including phenoxy) is 1. The third-order valence-corrected chi connectivity index (χ3v) is 4.30. The molecule has 128 valence electrons. The van der Waals surface area contributed by atoms with Gasteiger partial charge in [-0.05, 0) is 52.9 Å². The summed E-state index contributed by atoms with van der Waals surface area (Å²) in [5, 5.41) is 17.5. The summed E-state index contributed by atoms with van der Waals surface area (Å²) in [6, 6.07) is -0.201. The molecule has 2 aliphatic carbocycles. The molecule has 3 atom stereocenters. The summed E-state index contributed by atoms with van der Waals surface area (Å²) in [6.07, 6.45) is 5.16. The molecule has 1 heterocycles. The number of carbonyl (C=O) groups excluding carboxylic acids is 1. The van der Waals surface area contributed by atoms with Crippen molar-refractivity contribution >= 4 is 6.09 Å². The van der Waals surface area contributed by atoms with E-state index < -0.39 is 11.7 Å². The molecule has 1 aromatic heterocycles. The number of hydrogen-bond donors (Lipinski definition) is 2. The van der Waals surface area contributed by atoms with Crippen LogP contribution in [0.25, 0.3) is 0 Å². The molecule has 1 aromatic rings. The van der Waals surface area contributed by atoms with Gasteiger partial charge < -0.3 is 15.2 Å². The third-order valence-electron chi connectivity index (χ3n) is 4.30. The van der Waals surface area contributed by atoms with Gasteiger partial charge in [-0.2, -0.15) is 5.10 Å². The highest BCUT2D eigenvalue weighted by atomic mass is 16.6. The molecule has 2 N–H and O–H groups in total. The molecule has 3 rings (SSSR count). The van der Waals surface area contributed by atoms with Crippen LogP contribution in [0.1, 0.15) is 70.7 Å². The molecular weight excluding hydrogens is 296 g/mol. The van der Waals surface area contributed by atoms with Gasteiger partial charge in [0.2, 0.25) is 0 Å². The van der Waals surface area contributed by atoms with Crippen molar-refractivity contribution in [3.8, 4) is 0 Å². The molecule has 2 saturated carbocycles. The topological polar surface area (TPSA) is 89.3 Å². The number of carbonyl (C=O) groups is 1. The van der Waals surface area contributed by atoms with Crippen LogP contribution >= 0.6 is 0 Å². The van der Waals surface area contributed by atoms with Gasteiger partial charge in [-0.15, -0.1) is 0 Å². The van der Waals surface area contributed by atoms with Crippen molar-refractivity contribution in [3.05, 3.63) is 12.2 Å². The minimum atomic E-state index is -0.528. The Labute approximate surface area is 136 Å². The van der Waals surface area contributed by atoms with Gasteiger partial charge in [0.25, 0.3) is 0 Å². The van der Waals surface area contributed by atoms with E-state index in [2.05, 4.69) is 15.4 Å². The quantitative estimate of drug-likeness (QED) is 0.890. The first-order valence-electron chi connectivity index (χ1n) is 8.40. The number of aliphatic hydroxyl groups excluding tert-OH is 1. The summed E-state index contributed by atoms with van der Waals surface area (Å²) in [5.74, 6) is 1.36. The van der Waals surface area contributed by atoms with Crippen molar-refractivity contribution in [2.75, 3.05) is 0 Å². The normalized spacial score (nSPS) is 28.4. The molecule has 23 heavy (non-hydrogen) atoms. The van der Waals surface area contributed by atoms with Gasteiger partial charge in [0, 0.05) is 5.92 Å². The van der Waals surface area contributed by atoms with Crippen LogP contribution in [0.4, 0.5) is 4.79 Å². The van der Waals surface area contributed by atoms with Crippen molar-refractivity contribution in [1.82, 2.24) is 20.1 Å². The van der Waals surface area contributed by atoms with Gasteiger partial charge in [0.15, 0.2) is 5.82 Å². The summed E-state index contributed by atoms with van der Waals surface area (Å²) in [5.41, 5.74) is -0.528. The second-order valence-corrected chi connectivity index (χ2v) is 7.64. The Kier molecular flexibility index (Phi) is 4.31. The first-order valence-corrected chi connectivity index (χ1v) is 8.40. The second-order valence-electron chi connectivity index (χ2n) is 7.64. The van der Waals surface area contributed by atoms with Crippen molar-refractivity contribution in [3.63, 3.8) is 0 Å². The van der Waals surface area contributed by atoms with Crippen molar-refractivity contribution in [2.24, 2.45) is 0 Å². The Morgan fingerprint density at radius 3 is 2.74 bits per heavy atom. The van der Waals surface area contributed by atoms with Crippen LogP contribution in [0.5, 0.6) is 0 Å². The lowest BCUT2D eigenvalue weighted by atomic mass is 9.88. The van der Waals surface area contributed by atoms with E-state index in [0.717, 1.165) is 18.7 Å². The SMILES string of the molecule is CC(C)(C)OC(=O)NC1CCC(O)CC1n1cnc(C2CC2)n1. The van der Waals surface area contributed by atoms with E-state index in [1.54, 1.807) is 11.0 Å². The molecule has 0 aliphatic heterocycles. The number of alkyl carbamates (subject to hydrolysis) is 1. The predicted molar refractivity (Wildman–Crippen MR) is 84.0 cm³/mol. The number of aliphatic hydroxyl groups is 1. The number of nitrogens with one attached hydrogen (secondary N) is 1. The van der Waals surface area contributed by atoms with Crippen molar-refractivity contribution < 1.29 is 14.6 Å². The van der Waals surface area contributed by atoms with Gasteiger partial charge >= 0.3 is 6.09 Å². The second kappa shape index (κ2) is 6.11. The highest BCUT2D eigenvalue weighted by Crippen LogP contribution is 2.38. The van der Waals surface area contributed by atoms with Gasteiger partial charge in [0.1, 0.15) is 11.9 Å². The first kappa shape index (κ1) is 16.2. The number of amides is 1. The summed E-state index contributed by atoms with van der Waals surface area (Å²) in [6.45, 7) is 5.52. The Bertz CT molecular complexity index is 562. The van der Waals surface area contributed by atoms with E-state index in [0.29, 0.717) is 25.2 Å². The van der Waals surface area contributed by atoms with Gasteiger partial charge in [-0.25, -0.2) is 14.5 Å². The van der Waals surface area contributed by atoms with Crippen LogP contribution in [0.3, 0.4) is 0 Å². The third kappa shape index (κ3) is 4.22. The summed E-state index contributed by atoms with van der Waals surface area (Å²) >= 11 is 0. The minimum Gasteiger partial charge on any atom is -0.444 e. The summed E-state index contributed by atoms with van der Waals surface area (Å²) < 4.78 is 7.15. The lowest BCUT2D eigenvalue weighted by Gasteiger charge is -2.34. The molecule has 0 bridgehead atoms. The fraction of sp³-hybridized carbons (Fsp3) is 0.812. The molecule has 0 spiro atoms. The molecule has 3 unspecified atom stereocenters. The molecule has 0 aromatic carbocycles. The zero-order chi connectivity index (χ0) is 16.6.